The summed E-state index contributed by atoms with van der Waals surface area (Å²) in [7, 11) is 0. The monoisotopic (exact) mass is 246 g/mol. The quantitative estimate of drug-likeness (QED) is 0.634. The van der Waals surface area contributed by atoms with Crippen LogP contribution < -0.4 is 4.74 Å². The van der Waals surface area contributed by atoms with E-state index < -0.39 is 0 Å². The fourth-order valence-corrected chi connectivity index (χ4v) is 3.18. The number of hydrogen-bond donors (Lipinski definition) is 0. The Kier molecular flexibility index (Phi) is 3.21. The van der Waals surface area contributed by atoms with Crippen LogP contribution in [0.25, 0.3) is 0 Å². The van der Waals surface area contributed by atoms with Crippen LogP contribution in [0.2, 0.25) is 0 Å². The Hall–Kier alpha value is -0.980. The lowest BCUT2D eigenvalue weighted by Crippen LogP contribution is -2.40. The van der Waals surface area contributed by atoms with E-state index in [2.05, 4.69) is 65.8 Å². The third kappa shape index (κ3) is 2.41. The second-order valence-electron chi connectivity index (χ2n) is 7.67. The van der Waals surface area contributed by atoms with Crippen LogP contribution in [-0.4, -0.2) is 6.61 Å². The summed E-state index contributed by atoms with van der Waals surface area (Å²) < 4.78 is 5.99. The maximum atomic E-state index is 5.99. The Morgan fingerprint density at radius 1 is 0.944 bits per heavy atom. The van der Waals surface area contributed by atoms with Gasteiger partial charge in [0.2, 0.25) is 0 Å². The van der Waals surface area contributed by atoms with Gasteiger partial charge in [-0.3, -0.25) is 0 Å². The van der Waals surface area contributed by atoms with E-state index in [9.17, 15) is 0 Å². The molecule has 0 saturated carbocycles. The number of benzene rings is 1. The van der Waals surface area contributed by atoms with Gasteiger partial charge < -0.3 is 4.74 Å². The Bertz CT molecular complexity index is 420. The van der Waals surface area contributed by atoms with Crippen LogP contribution in [0, 0.1) is 16.7 Å². The van der Waals surface area contributed by atoms with Crippen molar-refractivity contribution in [2.75, 3.05) is 6.61 Å². The molecule has 2 rings (SSSR count). The highest BCUT2D eigenvalue weighted by atomic mass is 16.5. The van der Waals surface area contributed by atoms with E-state index in [1.165, 1.54) is 5.56 Å². The van der Waals surface area contributed by atoms with E-state index in [-0.39, 0.29) is 10.8 Å². The molecule has 0 unspecified atom stereocenters. The first-order valence-corrected chi connectivity index (χ1v) is 6.93. The highest BCUT2D eigenvalue weighted by Gasteiger charge is 2.43. The van der Waals surface area contributed by atoms with Gasteiger partial charge in [-0.2, -0.15) is 0 Å². The lowest BCUT2D eigenvalue weighted by molar-refractivity contribution is 0.0541. The number of para-hydroxylation sites is 1. The zero-order valence-corrected chi connectivity index (χ0v) is 12.6. The van der Waals surface area contributed by atoms with Gasteiger partial charge in [-0.1, -0.05) is 59.7 Å². The molecule has 1 nitrogen and oxygen atoms in total. The van der Waals surface area contributed by atoms with Crippen LogP contribution >= 0.6 is 0 Å². The average Bonchev–Trinajstić information content (AvgIpc) is 2.24. The van der Waals surface area contributed by atoms with Gasteiger partial charge in [0.05, 0.1) is 6.61 Å². The molecule has 1 aliphatic heterocycles. The van der Waals surface area contributed by atoms with E-state index in [0.717, 1.165) is 12.4 Å². The van der Waals surface area contributed by atoms with Gasteiger partial charge in [0.1, 0.15) is 5.75 Å². The topological polar surface area (TPSA) is 9.23 Å². The molecule has 0 spiro atoms. The van der Waals surface area contributed by atoms with Gasteiger partial charge >= 0.3 is 0 Å². The summed E-state index contributed by atoms with van der Waals surface area (Å²) in [4.78, 5) is 0. The van der Waals surface area contributed by atoms with Crippen LogP contribution in [0.1, 0.15) is 53.0 Å². The standard InChI is InChI=1S/C17H26O/c1-16(2,3)13-11-18-14-10-8-7-9-12(14)15(13)17(4,5)6/h7-10,13,15H,11H2,1-6H3/t13-,15+/m1/s1. The third-order valence-corrected chi connectivity index (χ3v) is 4.12. The number of ether oxygens (including phenoxy) is 1. The molecule has 1 aromatic rings. The zero-order chi connectivity index (χ0) is 13.6. The summed E-state index contributed by atoms with van der Waals surface area (Å²) >= 11 is 0. The maximum Gasteiger partial charge on any atom is 0.122 e. The van der Waals surface area contributed by atoms with Gasteiger partial charge in [-0.15, -0.1) is 0 Å². The molecule has 0 N–H and O–H groups in total. The lowest BCUT2D eigenvalue weighted by Gasteiger charge is -2.47. The Labute approximate surface area is 112 Å². The molecule has 2 atom stereocenters. The van der Waals surface area contributed by atoms with E-state index in [0.29, 0.717) is 11.8 Å². The first-order valence-electron chi connectivity index (χ1n) is 6.93. The lowest BCUT2D eigenvalue weighted by atomic mass is 9.61. The van der Waals surface area contributed by atoms with Crippen molar-refractivity contribution in [3.63, 3.8) is 0 Å². The van der Waals surface area contributed by atoms with E-state index in [4.69, 9.17) is 4.74 Å². The molecule has 0 aliphatic carbocycles. The molecule has 0 bridgehead atoms. The highest BCUT2D eigenvalue weighted by Crippen LogP contribution is 2.52. The second kappa shape index (κ2) is 4.29. The number of fused-ring (bicyclic) bond motifs is 1. The van der Waals surface area contributed by atoms with Crippen LogP contribution in [0.5, 0.6) is 5.75 Å². The highest BCUT2D eigenvalue weighted by molar-refractivity contribution is 5.39. The normalized spacial score (nSPS) is 24.3. The predicted molar refractivity (Wildman–Crippen MR) is 77.1 cm³/mol. The first kappa shape index (κ1) is 13.5. The van der Waals surface area contributed by atoms with Crippen LogP contribution in [0.15, 0.2) is 24.3 Å². The molecule has 0 saturated heterocycles. The van der Waals surface area contributed by atoms with Gasteiger partial charge in [0.15, 0.2) is 0 Å². The van der Waals surface area contributed by atoms with Crippen LogP contribution in [0.4, 0.5) is 0 Å². The molecule has 0 fully saturated rings. The molecule has 18 heavy (non-hydrogen) atoms. The third-order valence-electron chi connectivity index (χ3n) is 4.12. The second-order valence-corrected chi connectivity index (χ2v) is 7.67. The summed E-state index contributed by atoms with van der Waals surface area (Å²) in [6, 6.07) is 8.54. The van der Waals surface area contributed by atoms with Crippen LogP contribution in [0.3, 0.4) is 0 Å². The minimum atomic E-state index is 0.262. The Balaban J connectivity index is 2.50. The number of hydrogen-bond acceptors (Lipinski definition) is 1. The van der Waals surface area contributed by atoms with E-state index in [1.54, 1.807) is 0 Å². The molecule has 1 aliphatic rings. The fraction of sp³-hybridized carbons (Fsp3) is 0.647. The van der Waals surface area contributed by atoms with Crippen molar-refractivity contribution >= 4 is 0 Å². The fourth-order valence-electron chi connectivity index (χ4n) is 3.18. The van der Waals surface area contributed by atoms with Crippen molar-refractivity contribution in [2.45, 2.75) is 47.5 Å². The van der Waals surface area contributed by atoms with Crippen molar-refractivity contribution in [2.24, 2.45) is 16.7 Å². The summed E-state index contributed by atoms with van der Waals surface area (Å²) in [5.41, 5.74) is 1.92. The minimum Gasteiger partial charge on any atom is -0.493 e. The van der Waals surface area contributed by atoms with Gasteiger partial charge in [0.25, 0.3) is 0 Å². The zero-order valence-electron chi connectivity index (χ0n) is 12.6. The maximum absolute atomic E-state index is 5.99. The van der Waals surface area contributed by atoms with Gasteiger partial charge in [-0.05, 0) is 28.4 Å². The number of rotatable bonds is 0. The SMILES string of the molecule is CC(C)(C)[C@@H]1COc2ccccc2[C@@H]1C(C)(C)C. The molecule has 100 valence electrons. The molecule has 1 heterocycles. The summed E-state index contributed by atoms with van der Waals surface area (Å²) in [6.07, 6.45) is 0. The van der Waals surface area contributed by atoms with Crippen LogP contribution in [-0.2, 0) is 0 Å². The first-order chi connectivity index (χ1) is 8.21. The van der Waals surface area contributed by atoms with Gasteiger partial charge in [-0.25, -0.2) is 0 Å². The Morgan fingerprint density at radius 2 is 1.56 bits per heavy atom. The van der Waals surface area contributed by atoms with Gasteiger partial charge in [0, 0.05) is 5.92 Å². The van der Waals surface area contributed by atoms with E-state index in [1.807, 2.05) is 0 Å². The largest absolute Gasteiger partial charge is 0.493 e. The van der Waals surface area contributed by atoms with Crippen molar-refractivity contribution < 1.29 is 4.74 Å². The minimum absolute atomic E-state index is 0.262. The summed E-state index contributed by atoms with van der Waals surface area (Å²) in [5.74, 6) is 2.20. The summed E-state index contributed by atoms with van der Waals surface area (Å²) in [6.45, 7) is 14.9. The molecule has 1 aromatic carbocycles. The predicted octanol–water partition coefficient (Wildman–Crippen LogP) is 4.87. The molecule has 0 radical (unpaired) electrons. The molecular formula is C17H26O. The molecular weight excluding hydrogens is 220 g/mol. The molecule has 0 amide bonds. The van der Waals surface area contributed by atoms with Crippen molar-refractivity contribution in [1.29, 1.82) is 0 Å². The average molecular weight is 246 g/mol. The van der Waals surface area contributed by atoms with Crippen molar-refractivity contribution in [3.05, 3.63) is 29.8 Å². The molecule has 1 heteroatoms. The summed E-state index contributed by atoms with van der Waals surface area (Å²) in [5, 5.41) is 0. The van der Waals surface area contributed by atoms with Crippen molar-refractivity contribution in [3.8, 4) is 5.75 Å². The Morgan fingerprint density at radius 3 is 2.11 bits per heavy atom. The van der Waals surface area contributed by atoms with Crippen molar-refractivity contribution in [1.82, 2.24) is 0 Å². The smallest absolute Gasteiger partial charge is 0.122 e. The van der Waals surface area contributed by atoms with E-state index >= 15 is 0 Å². The molecule has 0 aromatic heterocycles.